The lowest BCUT2D eigenvalue weighted by atomic mass is 9.96. The summed E-state index contributed by atoms with van der Waals surface area (Å²) in [4.78, 5) is 29.9. The fourth-order valence-corrected chi connectivity index (χ4v) is 5.87. The quantitative estimate of drug-likeness (QED) is 0.666. The number of esters is 1. The Hall–Kier alpha value is -2.39. The second kappa shape index (κ2) is 9.23. The number of aryl methyl sites for hydroxylation is 2. The number of nitrogens with zero attached hydrogens (tertiary/aromatic N) is 2. The number of aromatic nitrogens is 1. The van der Waals surface area contributed by atoms with Crippen molar-refractivity contribution in [2.45, 2.75) is 50.3 Å². The first-order valence-corrected chi connectivity index (χ1v) is 12.8. The summed E-state index contributed by atoms with van der Waals surface area (Å²) < 4.78 is 32.5. The van der Waals surface area contributed by atoms with Gasteiger partial charge in [0.2, 0.25) is 15.9 Å². The van der Waals surface area contributed by atoms with Gasteiger partial charge in [0, 0.05) is 36.7 Å². The molecule has 1 saturated heterocycles. The Morgan fingerprint density at radius 2 is 1.91 bits per heavy atom. The second-order valence-corrected chi connectivity index (χ2v) is 10.7. The molecule has 1 aromatic heterocycles. The van der Waals surface area contributed by atoms with Crippen molar-refractivity contribution in [2.75, 3.05) is 33.3 Å². The van der Waals surface area contributed by atoms with Crippen molar-refractivity contribution in [3.63, 3.8) is 0 Å². The Labute approximate surface area is 189 Å². The van der Waals surface area contributed by atoms with Crippen molar-refractivity contribution in [1.29, 1.82) is 0 Å². The van der Waals surface area contributed by atoms with Crippen molar-refractivity contribution in [3.05, 3.63) is 29.5 Å². The maximum Gasteiger partial charge on any atom is 0.309 e. The highest BCUT2D eigenvalue weighted by Gasteiger charge is 2.31. The lowest BCUT2D eigenvalue weighted by Crippen LogP contribution is -2.45. The Kier molecular flexibility index (Phi) is 6.57. The van der Waals surface area contributed by atoms with Crippen LogP contribution < -0.4 is 0 Å². The number of hydrogen-bond acceptors (Lipinski definition) is 5. The molecule has 0 unspecified atom stereocenters. The molecule has 1 aliphatic heterocycles. The van der Waals surface area contributed by atoms with Crippen molar-refractivity contribution < 1.29 is 22.7 Å². The number of rotatable bonds is 6. The summed E-state index contributed by atoms with van der Waals surface area (Å²) in [6.07, 6.45) is 5.28. The largest absolute Gasteiger partial charge is 0.466 e. The minimum Gasteiger partial charge on any atom is -0.466 e. The molecule has 1 amide bonds. The van der Waals surface area contributed by atoms with Gasteiger partial charge in [0.1, 0.15) is 0 Å². The number of carbonyl (C=O) groups is 2. The van der Waals surface area contributed by atoms with Crippen LogP contribution >= 0.6 is 0 Å². The highest BCUT2D eigenvalue weighted by Crippen LogP contribution is 2.31. The lowest BCUT2D eigenvalue weighted by molar-refractivity contribution is -0.151. The maximum atomic E-state index is 13.2. The van der Waals surface area contributed by atoms with Crippen molar-refractivity contribution in [3.8, 4) is 0 Å². The zero-order chi connectivity index (χ0) is 22.9. The molecule has 174 valence electrons. The van der Waals surface area contributed by atoms with E-state index >= 15 is 0 Å². The number of H-pyrrole nitrogens is 1. The van der Waals surface area contributed by atoms with Crippen LogP contribution in [0.15, 0.2) is 23.1 Å². The number of carbonyl (C=O) groups excluding carboxylic acids is 2. The van der Waals surface area contributed by atoms with Crippen LogP contribution in [0.3, 0.4) is 0 Å². The standard InChI is InChI=1S/C23H31N3O5S/c1-3-31-23(28)16-10-12-26(13-11-16)22(27)15-25(2)32(29,30)17-8-9-21-19(14-17)18-6-4-5-7-20(18)24-21/h8-9,14,16,24H,3-7,10-13,15H2,1-2H3. The average Bonchev–Trinajstić information content (AvgIpc) is 3.17. The first kappa shape index (κ1) is 22.8. The molecule has 2 aromatic rings. The van der Waals surface area contributed by atoms with Gasteiger partial charge in [-0.3, -0.25) is 9.59 Å². The molecule has 1 aromatic carbocycles. The van der Waals surface area contributed by atoms with E-state index in [0.29, 0.717) is 32.5 Å². The molecule has 0 radical (unpaired) electrons. The molecule has 2 aliphatic rings. The number of ether oxygens (including phenoxy) is 1. The predicted molar refractivity (Wildman–Crippen MR) is 121 cm³/mol. The molecule has 0 spiro atoms. The number of likely N-dealkylation sites (N-methyl/N-ethyl adjacent to an activating group) is 1. The van der Waals surface area contributed by atoms with Gasteiger partial charge in [-0.15, -0.1) is 0 Å². The van der Waals surface area contributed by atoms with Gasteiger partial charge in [-0.2, -0.15) is 4.31 Å². The van der Waals surface area contributed by atoms with Gasteiger partial charge < -0.3 is 14.6 Å². The molecule has 1 fully saturated rings. The van der Waals surface area contributed by atoms with E-state index in [1.165, 1.54) is 18.3 Å². The SMILES string of the molecule is CCOC(=O)C1CCN(C(=O)CN(C)S(=O)(=O)c2ccc3[nH]c4c(c3c2)CCCC4)CC1. The Bertz CT molecular complexity index is 1120. The normalized spacial score (nSPS) is 17.5. The van der Waals surface area contributed by atoms with E-state index in [0.717, 1.165) is 40.9 Å². The number of nitrogens with one attached hydrogen (secondary N) is 1. The third-order valence-corrected chi connectivity index (χ3v) is 8.40. The number of piperidine rings is 1. The van der Waals surface area contributed by atoms with Gasteiger partial charge >= 0.3 is 5.97 Å². The van der Waals surface area contributed by atoms with Gasteiger partial charge in [0.15, 0.2) is 0 Å². The number of amides is 1. The fourth-order valence-electron chi connectivity index (χ4n) is 4.73. The third kappa shape index (κ3) is 4.41. The van der Waals surface area contributed by atoms with Gasteiger partial charge in [-0.25, -0.2) is 8.42 Å². The summed E-state index contributed by atoms with van der Waals surface area (Å²) in [5.74, 6) is -0.667. The van der Waals surface area contributed by atoms with Crippen LogP contribution in [0.4, 0.5) is 0 Å². The molecule has 4 rings (SSSR count). The van der Waals surface area contributed by atoms with Crippen LogP contribution in [0.25, 0.3) is 10.9 Å². The second-order valence-electron chi connectivity index (χ2n) is 8.66. The fraction of sp³-hybridized carbons (Fsp3) is 0.565. The molecular weight excluding hydrogens is 430 g/mol. The minimum atomic E-state index is -3.80. The number of hydrogen-bond donors (Lipinski definition) is 1. The molecule has 0 atom stereocenters. The van der Waals surface area contributed by atoms with Crippen molar-refractivity contribution >= 4 is 32.8 Å². The van der Waals surface area contributed by atoms with Crippen LogP contribution in [0.2, 0.25) is 0 Å². The third-order valence-electron chi connectivity index (χ3n) is 6.60. The van der Waals surface area contributed by atoms with Crippen molar-refractivity contribution in [1.82, 2.24) is 14.2 Å². The summed E-state index contributed by atoms with van der Waals surface area (Å²) in [5, 5.41) is 0.960. The van der Waals surface area contributed by atoms with Gasteiger partial charge in [-0.1, -0.05) is 0 Å². The zero-order valence-electron chi connectivity index (χ0n) is 18.7. The molecule has 1 aliphatic carbocycles. The molecular formula is C23H31N3O5S. The average molecular weight is 462 g/mol. The number of likely N-dealkylation sites (tertiary alicyclic amines) is 1. The Morgan fingerprint density at radius 3 is 2.62 bits per heavy atom. The van der Waals surface area contributed by atoms with E-state index in [4.69, 9.17) is 4.74 Å². The molecule has 0 saturated carbocycles. The Balaban J connectivity index is 1.43. The topological polar surface area (TPSA) is 99.8 Å². The molecule has 9 heteroatoms. The number of benzene rings is 1. The van der Waals surface area contributed by atoms with Crippen molar-refractivity contribution in [2.24, 2.45) is 5.92 Å². The molecule has 32 heavy (non-hydrogen) atoms. The summed E-state index contributed by atoms with van der Waals surface area (Å²) >= 11 is 0. The summed E-state index contributed by atoms with van der Waals surface area (Å²) in [6, 6.07) is 5.15. The molecule has 0 bridgehead atoms. The van der Waals surface area contributed by atoms with Crippen LogP contribution in [-0.2, 0) is 37.2 Å². The van der Waals surface area contributed by atoms with E-state index in [1.807, 2.05) is 6.07 Å². The summed E-state index contributed by atoms with van der Waals surface area (Å²) in [7, 11) is -2.36. The highest BCUT2D eigenvalue weighted by molar-refractivity contribution is 7.89. The van der Waals surface area contributed by atoms with Gasteiger partial charge in [0.25, 0.3) is 0 Å². The molecule has 2 heterocycles. The summed E-state index contributed by atoms with van der Waals surface area (Å²) in [6.45, 7) is 2.75. The monoisotopic (exact) mass is 461 g/mol. The van der Waals surface area contributed by atoms with Gasteiger partial charge in [-0.05, 0) is 69.2 Å². The minimum absolute atomic E-state index is 0.195. The number of sulfonamides is 1. The van der Waals surface area contributed by atoms with E-state index in [2.05, 4.69) is 4.98 Å². The van der Waals surface area contributed by atoms with E-state index < -0.39 is 10.0 Å². The predicted octanol–water partition coefficient (Wildman–Crippen LogP) is 2.47. The highest BCUT2D eigenvalue weighted by atomic mass is 32.2. The van der Waals surface area contributed by atoms with Crippen LogP contribution in [0.5, 0.6) is 0 Å². The smallest absolute Gasteiger partial charge is 0.309 e. The van der Waals surface area contributed by atoms with E-state index in [1.54, 1.807) is 24.0 Å². The van der Waals surface area contributed by atoms with E-state index in [-0.39, 0.29) is 29.2 Å². The van der Waals surface area contributed by atoms with Crippen LogP contribution in [0, 0.1) is 5.92 Å². The lowest BCUT2D eigenvalue weighted by Gasteiger charge is -2.32. The van der Waals surface area contributed by atoms with Crippen LogP contribution in [-0.4, -0.2) is 67.8 Å². The molecule has 1 N–H and O–H groups in total. The van der Waals surface area contributed by atoms with E-state index in [9.17, 15) is 18.0 Å². The van der Waals surface area contributed by atoms with Gasteiger partial charge in [0.05, 0.1) is 24.0 Å². The Morgan fingerprint density at radius 1 is 1.19 bits per heavy atom. The zero-order valence-corrected chi connectivity index (χ0v) is 19.5. The number of fused-ring (bicyclic) bond motifs is 3. The number of aromatic amines is 1. The van der Waals surface area contributed by atoms with Crippen LogP contribution in [0.1, 0.15) is 43.9 Å². The first-order valence-electron chi connectivity index (χ1n) is 11.4. The maximum absolute atomic E-state index is 13.2. The first-order chi connectivity index (χ1) is 15.3. The molecule has 8 nitrogen and oxygen atoms in total. The summed E-state index contributed by atoms with van der Waals surface area (Å²) in [5.41, 5.74) is 3.38.